The van der Waals surface area contributed by atoms with E-state index in [4.69, 9.17) is 21.1 Å². The molecule has 0 saturated carbocycles. The number of nitrogens with zero attached hydrogens (tertiary/aromatic N) is 2. The molecule has 0 bridgehead atoms. The molecule has 2 heterocycles. The molecule has 0 unspecified atom stereocenters. The number of hydrogen-bond acceptors (Lipinski definition) is 6. The molecule has 1 aliphatic rings. The SMILES string of the molecule is CCCn1c2c(c(=O)n(C)c1=O)C(=O)/C(=C/c1cc(Cl)c(OC)c(OC)c1)N2. The van der Waals surface area contributed by atoms with Crippen LogP contribution in [-0.4, -0.2) is 29.1 Å². The van der Waals surface area contributed by atoms with Gasteiger partial charge in [-0.2, -0.15) is 0 Å². The summed E-state index contributed by atoms with van der Waals surface area (Å²) in [7, 11) is 4.32. The Bertz CT molecular complexity index is 1110. The first kappa shape index (κ1) is 19.8. The topological polar surface area (TPSA) is 91.6 Å². The van der Waals surface area contributed by atoms with Crippen LogP contribution < -0.4 is 26.0 Å². The summed E-state index contributed by atoms with van der Waals surface area (Å²) in [6.07, 6.45) is 2.22. The van der Waals surface area contributed by atoms with Crippen molar-refractivity contribution in [3.63, 3.8) is 0 Å². The number of halogens is 1. The maximum atomic E-state index is 12.9. The van der Waals surface area contributed by atoms with Crippen molar-refractivity contribution in [3.8, 4) is 11.5 Å². The zero-order valence-corrected chi connectivity index (χ0v) is 16.7. The molecule has 0 saturated heterocycles. The lowest BCUT2D eigenvalue weighted by Gasteiger charge is -2.12. The standard InChI is InChI=1S/C19H20ClN3O5/c1-5-6-23-17-14(18(25)22(2)19(23)26)15(24)12(21-17)8-10-7-11(20)16(28-4)13(9-10)27-3/h7-9,21H,5-6H2,1-4H3/b12-8-. The largest absolute Gasteiger partial charge is 0.493 e. The summed E-state index contributed by atoms with van der Waals surface area (Å²) in [6, 6.07) is 3.28. The van der Waals surface area contributed by atoms with Crippen LogP contribution in [-0.2, 0) is 13.6 Å². The fraction of sp³-hybridized carbons (Fsp3) is 0.316. The van der Waals surface area contributed by atoms with Crippen LogP contribution in [0.15, 0.2) is 27.4 Å². The second kappa shape index (κ2) is 7.55. The first-order valence-electron chi connectivity index (χ1n) is 8.62. The van der Waals surface area contributed by atoms with E-state index in [2.05, 4.69) is 5.32 Å². The number of nitrogens with one attached hydrogen (secondary N) is 1. The Hall–Kier alpha value is -3.00. The average molecular weight is 406 g/mol. The zero-order valence-electron chi connectivity index (χ0n) is 16.0. The van der Waals surface area contributed by atoms with Gasteiger partial charge in [-0.15, -0.1) is 0 Å². The number of benzene rings is 1. The van der Waals surface area contributed by atoms with Gasteiger partial charge >= 0.3 is 5.69 Å². The fourth-order valence-corrected chi connectivity index (χ4v) is 3.44. The molecule has 2 aromatic rings. The van der Waals surface area contributed by atoms with E-state index in [1.54, 1.807) is 18.2 Å². The van der Waals surface area contributed by atoms with Gasteiger partial charge in [-0.25, -0.2) is 4.79 Å². The number of rotatable bonds is 5. The lowest BCUT2D eigenvalue weighted by atomic mass is 10.1. The van der Waals surface area contributed by atoms with Crippen LogP contribution in [0.25, 0.3) is 6.08 Å². The van der Waals surface area contributed by atoms with Crippen LogP contribution in [0.4, 0.5) is 5.82 Å². The predicted octanol–water partition coefficient (Wildman–Crippen LogP) is 2.28. The van der Waals surface area contributed by atoms with Gasteiger partial charge < -0.3 is 14.8 Å². The van der Waals surface area contributed by atoms with Crippen LogP contribution >= 0.6 is 11.6 Å². The third-order valence-electron chi connectivity index (χ3n) is 4.48. The first-order valence-corrected chi connectivity index (χ1v) is 9.00. The second-order valence-electron chi connectivity index (χ2n) is 6.27. The summed E-state index contributed by atoms with van der Waals surface area (Å²) in [5, 5.41) is 3.24. The lowest BCUT2D eigenvalue weighted by Crippen LogP contribution is -2.40. The van der Waals surface area contributed by atoms with Gasteiger partial charge in [0.15, 0.2) is 11.5 Å². The van der Waals surface area contributed by atoms with E-state index in [-0.39, 0.29) is 17.1 Å². The zero-order chi connectivity index (χ0) is 20.6. The van der Waals surface area contributed by atoms with Crippen molar-refractivity contribution in [2.45, 2.75) is 19.9 Å². The minimum atomic E-state index is -0.626. The Balaban J connectivity index is 2.14. The van der Waals surface area contributed by atoms with Crippen LogP contribution in [0, 0.1) is 0 Å². The Morgan fingerprint density at radius 3 is 2.50 bits per heavy atom. The van der Waals surface area contributed by atoms with E-state index in [0.29, 0.717) is 35.1 Å². The minimum Gasteiger partial charge on any atom is -0.493 e. The number of fused-ring (bicyclic) bond motifs is 1. The van der Waals surface area contributed by atoms with Crippen LogP contribution in [0.5, 0.6) is 11.5 Å². The Morgan fingerprint density at radius 1 is 1.18 bits per heavy atom. The molecule has 0 atom stereocenters. The van der Waals surface area contributed by atoms with Crippen molar-refractivity contribution < 1.29 is 14.3 Å². The molecule has 1 N–H and O–H groups in total. The monoisotopic (exact) mass is 405 g/mol. The molecule has 0 spiro atoms. The highest BCUT2D eigenvalue weighted by molar-refractivity contribution is 6.32. The van der Waals surface area contributed by atoms with Gasteiger partial charge in [-0.3, -0.25) is 18.7 Å². The highest BCUT2D eigenvalue weighted by Gasteiger charge is 2.32. The van der Waals surface area contributed by atoms with Gasteiger partial charge in [0.25, 0.3) is 5.56 Å². The molecule has 3 rings (SSSR count). The Labute approximate surface area is 166 Å². The molecule has 1 aromatic heterocycles. The average Bonchev–Trinajstić information content (AvgIpc) is 2.99. The van der Waals surface area contributed by atoms with Crippen LogP contribution in [0.3, 0.4) is 0 Å². The number of carbonyl (C=O) groups excluding carboxylic acids is 1. The molecular formula is C19H20ClN3O5. The van der Waals surface area contributed by atoms with E-state index in [1.807, 2.05) is 6.92 Å². The smallest absolute Gasteiger partial charge is 0.332 e. The maximum absolute atomic E-state index is 12.9. The second-order valence-corrected chi connectivity index (χ2v) is 6.68. The van der Waals surface area contributed by atoms with E-state index in [0.717, 1.165) is 4.57 Å². The number of ketones is 1. The molecule has 1 aromatic carbocycles. The molecule has 28 heavy (non-hydrogen) atoms. The summed E-state index contributed by atoms with van der Waals surface area (Å²) in [5.41, 5.74) is -0.397. The van der Waals surface area contributed by atoms with Crippen molar-refractivity contribution >= 4 is 29.3 Å². The number of Topliss-reactive ketones (excluding diaryl/α,β-unsaturated/α-hetero) is 1. The third kappa shape index (κ3) is 3.09. The molecule has 1 aliphatic heterocycles. The van der Waals surface area contributed by atoms with E-state index < -0.39 is 17.0 Å². The van der Waals surface area contributed by atoms with Crippen molar-refractivity contribution in [2.75, 3.05) is 19.5 Å². The number of methoxy groups -OCH3 is 2. The van der Waals surface area contributed by atoms with Crippen LogP contribution in [0.1, 0.15) is 29.3 Å². The van der Waals surface area contributed by atoms with Crippen molar-refractivity contribution in [1.82, 2.24) is 9.13 Å². The summed E-state index contributed by atoms with van der Waals surface area (Å²) in [4.78, 5) is 37.8. The highest BCUT2D eigenvalue weighted by Crippen LogP contribution is 2.37. The first-order chi connectivity index (χ1) is 13.3. The summed E-state index contributed by atoms with van der Waals surface area (Å²) in [6.45, 7) is 2.29. The molecule has 148 valence electrons. The molecule has 0 amide bonds. The molecular weight excluding hydrogens is 386 g/mol. The molecule has 8 nitrogen and oxygen atoms in total. The number of anilines is 1. The number of ether oxygens (including phenoxy) is 2. The summed E-state index contributed by atoms with van der Waals surface area (Å²) in [5.74, 6) is 0.527. The third-order valence-corrected chi connectivity index (χ3v) is 4.76. The quantitative estimate of drug-likeness (QED) is 0.767. The Kier molecular flexibility index (Phi) is 5.33. The number of aromatic nitrogens is 2. The number of allylic oxidation sites excluding steroid dienone is 1. The van der Waals surface area contributed by atoms with Gasteiger partial charge in [0.05, 0.1) is 24.9 Å². The maximum Gasteiger partial charge on any atom is 0.332 e. The van der Waals surface area contributed by atoms with Gasteiger partial charge in [-0.05, 0) is 30.2 Å². The van der Waals surface area contributed by atoms with E-state index in [1.165, 1.54) is 25.8 Å². The van der Waals surface area contributed by atoms with Crippen molar-refractivity contribution in [3.05, 3.63) is 54.8 Å². The predicted molar refractivity (Wildman–Crippen MR) is 107 cm³/mol. The van der Waals surface area contributed by atoms with Gasteiger partial charge in [0.1, 0.15) is 11.4 Å². The van der Waals surface area contributed by atoms with Gasteiger partial charge in [0, 0.05) is 13.6 Å². The molecule has 9 heteroatoms. The van der Waals surface area contributed by atoms with E-state index >= 15 is 0 Å². The molecule has 0 radical (unpaired) electrons. The summed E-state index contributed by atoms with van der Waals surface area (Å²) < 4.78 is 12.8. The lowest BCUT2D eigenvalue weighted by molar-refractivity contribution is 0.104. The highest BCUT2D eigenvalue weighted by atomic mass is 35.5. The number of carbonyl (C=O) groups is 1. The molecule has 0 aliphatic carbocycles. The summed E-state index contributed by atoms with van der Waals surface area (Å²) >= 11 is 6.22. The number of hydrogen-bond donors (Lipinski definition) is 1. The Morgan fingerprint density at radius 2 is 1.89 bits per heavy atom. The fourth-order valence-electron chi connectivity index (χ4n) is 3.14. The van der Waals surface area contributed by atoms with E-state index in [9.17, 15) is 14.4 Å². The van der Waals surface area contributed by atoms with Crippen molar-refractivity contribution in [1.29, 1.82) is 0 Å². The molecule has 0 fully saturated rings. The van der Waals surface area contributed by atoms with Gasteiger partial charge in [0.2, 0.25) is 5.78 Å². The van der Waals surface area contributed by atoms with Crippen molar-refractivity contribution in [2.24, 2.45) is 7.05 Å². The van der Waals surface area contributed by atoms with Crippen LogP contribution in [0.2, 0.25) is 5.02 Å². The normalized spacial score (nSPS) is 14.2. The van der Waals surface area contributed by atoms with Gasteiger partial charge in [-0.1, -0.05) is 18.5 Å². The minimum absolute atomic E-state index is 0.0478.